The topological polar surface area (TPSA) is 68.3 Å². The molecule has 0 fully saturated rings. The summed E-state index contributed by atoms with van der Waals surface area (Å²) in [6.07, 6.45) is 2.88. The van der Waals surface area contributed by atoms with Gasteiger partial charge in [-0.05, 0) is 37.1 Å². The Balaban J connectivity index is 2.65. The number of aldehydes is 2. The highest BCUT2D eigenvalue weighted by atomic mass is 32.2. The molecule has 0 aromatic heterocycles. The standard InChI is InChI=1S/C18H26O4S2/c1-17(2,13-19)9-11-23(21)15-5-7-16(8-6-15)24(22)12-10-18(3,4)14-20/h5-8,13-14H,9-12H2,1-4H3. The summed E-state index contributed by atoms with van der Waals surface area (Å²) in [6.45, 7) is 7.29. The van der Waals surface area contributed by atoms with Gasteiger partial charge in [0.25, 0.3) is 0 Å². The van der Waals surface area contributed by atoms with Crippen LogP contribution >= 0.6 is 0 Å². The summed E-state index contributed by atoms with van der Waals surface area (Å²) in [5, 5.41) is 0. The Morgan fingerprint density at radius 1 is 0.750 bits per heavy atom. The molecule has 0 amide bonds. The fraction of sp³-hybridized carbons (Fsp3) is 0.556. The highest BCUT2D eigenvalue weighted by molar-refractivity contribution is 7.85. The van der Waals surface area contributed by atoms with Crippen LogP contribution in [0.25, 0.3) is 0 Å². The number of benzene rings is 1. The van der Waals surface area contributed by atoms with Crippen molar-refractivity contribution in [1.82, 2.24) is 0 Å². The molecule has 2 atom stereocenters. The molecule has 2 unspecified atom stereocenters. The molecule has 0 saturated carbocycles. The molecule has 6 heteroatoms. The summed E-state index contributed by atoms with van der Waals surface area (Å²) in [4.78, 5) is 23.1. The summed E-state index contributed by atoms with van der Waals surface area (Å²) in [6, 6.07) is 6.90. The first-order chi connectivity index (χ1) is 11.1. The lowest BCUT2D eigenvalue weighted by atomic mass is 9.93. The maximum atomic E-state index is 12.3. The molecule has 0 aliphatic heterocycles. The van der Waals surface area contributed by atoms with Crippen LogP contribution < -0.4 is 0 Å². The molecular formula is C18H26O4S2. The number of carbonyl (C=O) groups excluding carboxylic acids is 2. The largest absolute Gasteiger partial charge is 0.303 e. The van der Waals surface area contributed by atoms with Crippen molar-refractivity contribution < 1.29 is 18.0 Å². The van der Waals surface area contributed by atoms with Crippen molar-refractivity contribution in [3.63, 3.8) is 0 Å². The van der Waals surface area contributed by atoms with Crippen molar-refractivity contribution in [3.8, 4) is 0 Å². The molecule has 0 bridgehead atoms. The van der Waals surface area contributed by atoms with Crippen LogP contribution in [0.2, 0.25) is 0 Å². The van der Waals surface area contributed by atoms with E-state index in [9.17, 15) is 18.0 Å². The second kappa shape index (κ2) is 8.81. The van der Waals surface area contributed by atoms with E-state index in [0.29, 0.717) is 34.1 Å². The minimum Gasteiger partial charge on any atom is -0.303 e. The van der Waals surface area contributed by atoms with Crippen LogP contribution in [0.1, 0.15) is 40.5 Å². The first-order valence-corrected chi connectivity index (χ1v) is 10.5. The van der Waals surface area contributed by atoms with Crippen LogP contribution in [0, 0.1) is 10.8 Å². The summed E-state index contributed by atoms with van der Waals surface area (Å²) < 4.78 is 24.5. The quantitative estimate of drug-likeness (QED) is 0.593. The molecule has 134 valence electrons. The van der Waals surface area contributed by atoms with Crippen LogP contribution in [-0.4, -0.2) is 32.5 Å². The van der Waals surface area contributed by atoms with Gasteiger partial charge in [-0.25, -0.2) is 0 Å². The van der Waals surface area contributed by atoms with Gasteiger partial charge in [0.05, 0.1) is 21.6 Å². The lowest BCUT2D eigenvalue weighted by Gasteiger charge is -2.16. The predicted molar refractivity (Wildman–Crippen MR) is 97.9 cm³/mol. The molecule has 1 rings (SSSR count). The highest BCUT2D eigenvalue weighted by Gasteiger charge is 2.19. The smallest absolute Gasteiger partial charge is 0.125 e. The van der Waals surface area contributed by atoms with E-state index in [0.717, 1.165) is 12.6 Å². The van der Waals surface area contributed by atoms with Gasteiger partial charge < -0.3 is 9.59 Å². The molecule has 4 nitrogen and oxygen atoms in total. The van der Waals surface area contributed by atoms with E-state index in [1.807, 2.05) is 27.7 Å². The van der Waals surface area contributed by atoms with Gasteiger partial charge >= 0.3 is 0 Å². The molecule has 0 radical (unpaired) electrons. The fourth-order valence-corrected chi connectivity index (χ4v) is 4.58. The zero-order valence-corrected chi connectivity index (χ0v) is 16.4. The Hall–Kier alpha value is -1.14. The van der Waals surface area contributed by atoms with Gasteiger partial charge in [0, 0.05) is 32.1 Å². The minimum atomic E-state index is -1.18. The van der Waals surface area contributed by atoms with Crippen LogP contribution in [0.5, 0.6) is 0 Å². The molecule has 0 aliphatic rings. The number of rotatable bonds is 10. The van der Waals surface area contributed by atoms with E-state index < -0.39 is 32.4 Å². The Kier molecular flexibility index (Phi) is 7.67. The Labute approximate surface area is 149 Å². The van der Waals surface area contributed by atoms with Gasteiger partial charge in [-0.2, -0.15) is 0 Å². The Morgan fingerprint density at radius 3 is 1.29 bits per heavy atom. The van der Waals surface area contributed by atoms with E-state index in [-0.39, 0.29) is 0 Å². The van der Waals surface area contributed by atoms with E-state index in [1.54, 1.807) is 24.3 Å². The normalized spacial score (nSPS) is 14.8. The van der Waals surface area contributed by atoms with Crippen molar-refractivity contribution >= 4 is 34.2 Å². The second-order valence-electron chi connectivity index (χ2n) is 7.28. The van der Waals surface area contributed by atoms with E-state index >= 15 is 0 Å². The second-order valence-corrected chi connectivity index (χ2v) is 10.4. The third-order valence-corrected chi connectivity index (χ3v) is 6.60. The minimum absolute atomic E-state index is 0.418. The predicted octanol–water partition coefficient (Wildman–Crippen LogP) is 3.13. The zero-order chi connectivity index (χ0) is 18.4. The third kappa shape index (κ3) is 6.77. The maximum absolute atomic E-state index is 12.3. The van der Waals surface area contributed by atoms with Crippen LogP contribution in [-0.2, 0) is 31.2 Å². The summed E-state index contributed by atoms with van der Waals surface area (Å²) >= 11 is 0. The fourth-order valence-electron chi connectivity index (χ4n) is 1.81. The van der Waals surface area contributed by atoms with Gasteiger partial charge in [0.15, 0.2) is 0 Å². The Morgan fingerprint density at radius 2 is 1.04 bits per heavy atom. The maximum Gasteiger partial charge on any atom is 0.125 e. The van der Waals surface area contributed by atoms with Crippen LogP contribution in [0.3, 0.4) is 0 Å². The monoisotopic (exact) mass is 370 g/mol. The Bertz CT molecular complexity index is 563. The van der Waals surface area contributed by atoms with Gasteiger partial charge in [-0.15, -0.1) is 0 Å². The molecule has 1 aromatic carbocycles. The van der Waals surface area contributed by atoms with Crippen molar-refractivity contribution in [1.29, 1.82) is 0 Å². The number of hydrogen-bond acceptors (Lipinski definition) is 4. The van der Waals surface area contributed by atoms with Crippen molar-refractivity contribution in [3.05, 3.63) is 24.3 Å². The summed E-state index contributed by atoms with van der Waals surface area (Å²) in [7, 11) is -2.35. The lowest BCUT2D eigenvalue weighted by molar-refractivity contribution is -0.115. The van der Waals surface area contributed by atoms with Crippen molar-refractivity contribution in [2.45, 2.75) is 50.3 Å². The molecule has 0 spiro atoms. The van der Waals surface area contributed by atoms with E-state index in [2.05, 4.69) is 0 Å². The summed E-state index contributed by atoms with van der Waals surface area (Å²) in [5.74, 6) is 0.837. The lowest BCUT2D eigenvalue weighted by Crippen LogP contribution is -2.17. The third-order valence-electron chi connectivity index (χ3n) is 3.85. The first-order valence-electron chi connectivity index (χ1n) is 7.90. The molecule has 0 saturated heterocycles. The highest BCUT2D eigenvalue weighted by Crippen LogP contribution is 2.21. The van der Waals surface area contributed by atoms with Gasteiger partial charge in [-0.1, -0.05) is 27.7 Å². The first kappa shape index (κ1) is 20.9. The van der Waals surface area contributed by atoms with Crippen molar-refractivity contribution in [2.75, 3.05) is 11.5 Å². The molecule has 1 aromatic rings. The molecule has 0 N–H and O–H groups in total. The average Bonchev–Trinajstić information content (AvgIpc) is 2.58. The van der Waals surface area contributed by atoms with E-state index in [4.69, 9.17) is 0 Å². The molecule has 0 aliphatic carbocycles. The summed E-state index contributed by atoms with van der Waals surface area (Å²) in [5.41, 5.74) is -0.940. The number of hydrogen-bond donors (Lipinski definition) is 0. The van der Waals surface area contributed by atoms with Gasteiger partial charge in [0.2, 0.25) is 0 Å². The van der Waals surface area contributed by atoms with Crippen molar-refractivity contribution in [2.24, 2.45) is 10.8 Å². The van der Waals surface area contributed by atoms with E-state index in [1.165, 1.54) is 0 Å². The van der Waals surface area contributed by atoms with Gasteiger partial charge in [0.1, 0.15) is 12.6 Å². The zero-order valence-electron chi connectivity index (χ0n) is 14.7. The van der Waals surface area contributed by atoms with Gasteiger partial charge in [-0.3, -0.25) is 8.42 Å². The molecule has 0 heterocycles. The average molecular weight is 371 g/mol. The SMILES string of the molecule is CC(C)(C=O)CCS(=O)c1ccc(S(=O)CCC(C)(C)C=O)cc1. The molecular weight excluding hydrogens is 344 g/mol. The number of carbonyl (C=O) groups is 2. The van der Waals surface area contributed by atoms with Crippen LogP contribution in [0.15, 0.2) is 34.1 Å². The molecule has 24 heavy (non-hydrogen) atoms. The van der Waals surface area contributed by atoms with Crippen LogP contribution in [0.4, 0.5) is 0 Å².